The van der Waals surface area contributed by atoms with Crippen LogP contribution in [0.25, 0.3) is 16.9 Å². The number of carbonyl (C=O) groups excluding carboxylic acids is 1. The molecule has 0 aliphatic heterocycles. The zero-order chi connectivity index (χ0) is 22.1. The molecule has 0 fully saturated rings. The van der Waals surface area contributed by atoms with Gasteiger partial charge in [-0.2, -0.15) is 10.4 Å². The first kappa shape index (κ1) is 20.6. The van der Waals surface area contributed by atoms with Crippen molar-refractivity contribution in [2.75, 3.05) is 5.32 Å². The molecule has 0 unspecified atom stereocenters. The Hall–Kier alpha value is -3.71. The number of carbonyl (C=O) groups is 1. The molecular formula is C21H16F2N6OS. The van der Waals surface area contributed by atoms with Gasteiger partial charge < -0.3 is 5.32 Å². The fourth-order valence-electron chi connectivity index (χ4n) is 3.32. The number of thiazole rings is 1. The normalized spacial score (nSPS) is 10.9. The van der Waals surface area contributed by atoms with E-state index in [2.05, 4.69) is 26.5 Å². The van der Waals surface area contributed by atoms with Crippen molar-refractivity contribution in [3.63, 3.8) is 0 Å². The summed E-state index contributed by atoms with van der Waals surface area (Å²) in [4.78, 5) is 21.1. The molecule has 3 heterocycles. The van der Waals surface area contributed by atoms with Gasteiger partial charge in [0.25, 0.3) is 0 Å². The van der Waals surface area contributed by atoms with E-state index in [0.29, 0.717) is 22.8 Å². The average Bonchev–Trinajstić information content (AvgIpc) is 3.36. The molecule has 0 saturated carbocycles. The van der Waals surface area contributed by atoms with Crippen LogP contribution in [-0.2, 0) is 11.2 Å². The topological polar surface area (TPSA) is 96.0 Å². The van der Waals surface area contributed by atoms with Crippen LogP contribution in [0.15, 0.2) is 29.8 Å². The van der Waals surface area contributed by atoms with Crippen LogP contribution in [0.4, 0.5) is 13.9 Å². The molecule has 7 nitrogen and oxygen atoms in total. The minimum atomic E-state index is -0.586. The highest BCUT2D eigenvalue weighted by atomic mass is 32.1. The number of fused-ring (bicyclic) bond motifs is 1. The van der Waals surface area contributed by atoms with Crippen LogP contribution in [0.2, 0.25) is 0 Å². The van der Waals surface area contributed by atoms with Crippen molar-refractivity contribution in [1.29, 1.82) is 5.26 Å². The number of halogens is 2. The number of nitrogens with one attached hydrogen (secondary N) is 1. The van der Waals surface area contributed by atoms with Gasteiger partial charge >= 0.3 is 0 Å². The van der Waals surface area contributed by atoms with E-state index < -0.39 is 11.6 Å². The highest BCUT2D eigenvalue weighted by molar-refractivity contribution is 7.14. The fourth-order valence-corrected chi connectivity index (χ4v) is 4.05. The number of benzene rings is 1. The lowest BCUT2D eigenvalue weighted by Gasteiger charge is -2.11. The van der Waals surface area contributed by atoms with Crippen LogP contribution in [0.5, 0.6) is 0 Å². The number of nitrogens with zero attached hydrogens (tertiary/aromatic N) is 5. The van der Waals surface area contributed by atoms with Crippen molar-refractivity contribution in [3.05, 3.63) is 63.9 Å². The molecule has 0 spiro atoms. The largest absolute Gasteiger partial charge is 0.302 e. The lowest BCUT2D eigenvalue weighted by molar-refractivity contribution is -0.116. The second-order valence-corrected chi connectivity index (χ2v) is 7.73. The van der Waals surface area contributed by atoms with Crippen molar-refractivity contribution in [1.82, 2.24) is 19.6 Å². The van der Waals surface area contributed by atoms with Crippen molar-refractivity contribution >= 4 is 28.0 Å². The molecule has 10 heteroatoms. The molecule has 0 bridgehead atoms. The maximum atomic E-state index is 13.9. The van der Waals surface area contributed by atoms with Crippen LogP contribution < -0.4 is 5.32 Å². The average molecular weight is 438 g/mol. The minimum absolute atomic E-state index is 0.0401. The number of amides is 1. The van der Waals surface area contributed by atoms with Gasteiger partial charge in [0.2, 0.25) is 5.91 Å². The Morgan fingerprint density at radius 3 is 2.87 bits per heavy atom. The standard InChI is InChI=1S/C21H16F2N6OS/c1-11-15(12(2)29-20(26-11)13(8-24)9-25-29)4-6-19(30)28-21-27-18(10-31-21)16-7-14(22)3-5-17(16)23/h3,5,7,9-10H,4,6H2,1-2H3,(H,27,28,30). The first-order valence-electron chi connectivity index (χ1n) is 9.32. The predicted molar refractivity (Wildman–Crippen MR) is 112 cm³/mol. The Morgan fingerprint density at radius 1 is 1.29 bits per heavy atom. The summed E-state index contributed by atoms with van der Waals surface area (Å²) in [7, 11) is 0. The highest BCUT2D eigenvalue weighted by Gasteiger charge is 2.16. The Balaban J connectivity index is 1.46. The molecule has 1 amide bonds. The minimum Gasteiger partial charge on any atom is -0.302 e. The Morgan fingerprint density at radius 2 is 2.10 bits per heavy atom. The van der Waals surface area contributed by atoms with E-state index in [1.54, 1.807) is 9.90 Å². The zero-order valence-corrected chi connectivity index (χ0v) is 17.4. The first-order valence-corrected chi connectivity index (χ1v) is 10.2. The van der Waals surface area contributed by atoms with Gasteiger partial charge in [-0.1, -0.05) is 0 Å². The highest BCUT2D eigenvalue weighted by Crippen LogP contribution is 2.28. The van der Waals surface area contributed by atoms with Crippen LogP contribution in [0.3, 0.4) is 0 Å². The van der Waals surface area contributed by atoms with Crippen LogP contribution >= 0.6 is 11.3 Å². The van der Waals surface area contributed by atoms with Gasteiger partial charge in [0.15, 0.2) is 10.8 Å². The summed E-state index contributed by atoms with van der Waals surface area (Å²) in [6.07, 6.45) is 2.06. The fraction of sp³-hybridized carbons (Fsp3) is 0.190. The van der Waals surface area contributed by atoms with Crippen molar-refractivity contribution in [2.45, 2.75) is 26.7 Å². The van der Waals surface area contributed by atoms with Gasteiger partial charge in [0.05, 0.1) is 11.9 Å². The Bertz CT molecular complexity index is 1350. The first-order chi connectivity index (χ1) is 14.9. The van der Waals surface area contributed by atoms with E-state index >= 15 is 0 Å². The van der Waals surface area contributed by atoms with Crippen molar-refractivity contribution < 1.29 is 13.6 Å². The molecular weight excluding hydrogens is 422 g/mol. The quantitative estimate of drug-likeness (QED) is 0.504. The summed E-state index contributed by atoms with van der Waals surface area (Å²) in [5, 5.41) is 17.9. The molecule has 3 aromatic heterocycles. The van der Waals surface area contributed by atoms with E-state index in [4.69, 9.17) is 5.26 Å². The van der Waals surface area contributed by atoms with Crippen LogP contribution in [0.1, 0.15) is 28.9 Å². The summed E-state index contributed by atoms with van der Waals surface area (Å²) >= 11 is 1.13. The van der Waals surface area contributed by atoms with Gasteiger partial charge in [-0.3, -0.25) is 4.79 Å². The molecule has 31 heavy (non-hydrogen) atoms. The molecule has 1 aromatic carbocycles. The van der Waals surface area contributed by atoms with E-state index in [1.807, 2.05) is 13.8 Å². The number of hydrogen-bond donors (Lipinski definition) is 1. The van der Waals surface area contributed by atoms with Gasteiger partial charge in [-0.25, -0.2) is 23.3 Å². The van der Waals surface area contributed by atoms with Crippen molar-refractivity contribution in [2.24, 2.45) is 0 Å². The second kappa shape index (κ2) is 8.20. The third-order valence-electron chi connectivity index (χ3n) is 4.89. The molecule has 0 radical (unpaired) electrons. The van der Waals surface area contributed by atoms with E-state index in [-0.39, 0.29) is 23.6 Å². The number of rotatable bonds is 5. The predicted octanol–water partition coefficient (Wildman–Crippen LogP) is 4.19. The molecule has 0 aliphatic rings. The lowest BCUT2D eigenvalue weighted by Crippen LogP contribution is -2.14. The molecule has 0 aliphatic carbocycles. The third-order valence-corrected chi connectivity index (χ3v) is 5.64. The summed E-state index contributed by atoms with van der Waals surface area (Å²) in [6.45, 7) is 3.69. The molecule has 4 rings (SSSR count). The summed E-state index contributed by atoms with van der Waals surface area (Å²) in [6, 6.07) is 5.20. The lowest BCUT2D eigenvalue weighted by atomic mass is 10.1. The van der Waals surface area contributed by atoms with Crippen LogP contribution in [-0.4, -0.2) is 25.5 Å². The molecule has 156 valence electrons. The monoisotopic (exact) mass is 438 g/mol. The van der Waals surface area contributed by atoms with Crippen molar-refractivity contribution in [3.8, 4) is 17.3 Å². The van der Waals surface area contributed by atoms with Gasteiger partial charge in [-0.05, 0) is 44.0 Å². The van der Waals surface area contributed by atoms with E-state index in [9.17, 15) is 13.6 Å². The molecule has 0 atom stereocenters. The summed E-state index contributed by atoms with van der Waals surface area (Å²) in [5.41, 5.74) is 3.60. The van der Waals surface area contributed by atoms with Gasteiger partial charge in [0, 0.05) is 28.8 Å². The van der Waals surface area contributed by atoms with Crippen LogP contribution in [0, 0.1) is 36.8 Å². The van der Waals surface area contributed by atoms with E-state index in [1.165, 1.54) is 6.20 Å². The molecule has 0 saturated heterocycles. The number of anilines is 1. The summed E-state index contributed by atoms with van der Waals surface area (Å²) < 4.78 is 28.9. The van der Waals surface area contributed by atoms with Gasteiger partial charge in [-0.15, -0.1) is 11.3 Å². The summed E-state index contributed by atoms with van der Waals surface area (Å²) in [5.74, 6) is -1.42. The third kappa shape index (κ3) is 4.00. The smallest absolute Gasteiger partial charge is 0.226 e. The Labute approximate surface area is 180 Å². The number of hydrogen-bond acceptors (Lipinski definition) is 6. The number of nitriles is 1. The number of aromatic nitrogens is 4. The Kier molecular flexibility index (Phi) is 5.44. The second-order valence-electron chi connectivity index (χ2n) is 6.88. The maximum Gasteiger partial charge on any atom is 0.226 e. The maximum absolute atomic E-state index is 13.9. The SMILES string of the molecule is Cc1nc2c(C#N)cnn2c(C)c1CCC(=O)Nc1nc(-c2cc(F)ccc2F)cs1. The molecule has 4 aromatic rings. The zero-order valence-electron chi connectivity index (χ0n) is 16.6. The van der Waals surface area contributed by atoms with E-state index in [0.717, 1.165) is 46.5 Å². The molecule has 1 N–H and O–H groups in total. The van der Waals surface area contributed by atoms with Gasteiger partial charge in [0.1, 0.15) is 23.3 Å². The number of aryl methyl sites for hydroxylation is 2.